The molecule has 2 unspecified atom stereocenters. The van der Waals surface area contributed by atoms with Crippen LogP contribution in [0.5, 0.6) is 0 Å². The van der Waals surface area contributed by atoms with Crippen LogP contribution < -0.4 is 0 Å². The average Bonchev–Trinajstić information content (AvgIpc) is 2.58. The van der Waals surface area contributed by atoms with Crippen LogP contribution in [0.4, 0.5) is 0 Å². The van der Waals surface area contributed by atoms with Gasteiger partial charge >= 0.3 is 0 Å². The molecule has 2 atom stereocenters. The lowest BCUT2D eigenvalue weighted by molar-refractivity contribution is 0.189. The summed E-state index contributed by atoms with van der Waals surface area (Å²) in [6.45, 7) is 2.29. The van der Waals surface area contributed by atoms with Crippen molar-refractivity contribution < 1.29 is 0 Å². The fourth-order valence-corrected chi connectivity index (χ4v) is 3.13. The molecule has 2 aliphatic heterocycles. The van der Waals surface area contributed by atoms with Gasteiger partial charge in [-0.15, -0.1) is 0 Å². The number of rotatable bonds is 2. The molecule has 0 radical (unpaired) electrons. The predicted octanol–water partition coefficient (Wildman–Crippen LogP) is 2.33. The highest BCUT2D eigenvalue weighted by Gasteiger charge is 2.39. The van der Waals surface area contributed by atoms with Gasteiger partial charge < -0.3 is 4.90 Å². The summed E-state index contributed by atoms with van der Waals surface area (Å²) < 4.78 is 0. The zero-order chi connectivity index (χ0) is 12.4. The lowest BCUT2D eigenvalue weighted by Gasteiger charge is -2.38. The summed E-state index contributed by atoms with van der Waals surface area (Å²) in [5, 5.41) is 23.8. The van der Waals surface area contributed by atoms with E-state index < -0.39 is 0 Å². The summed E-state index contributed by atoms with van der Waals surface area (Å²) in [7, 11) is 0. The number of nitriles is 1. The molecule has 0 amide bonds. The molecule has 2 heterocycles. The zero-order valence-electron chi connectivity index (χ0n) is 10.1. The van der Waals surface area contributed by atoms with E-state index in [-0.39, 0.29) is 5.71 Å². The van der Waals surface area contributed by atoms with Crippen LogP contribution in [-0.2, 0) is 0 Å². The van der Waals surface area contributed by atoms with Crippen LogP contribution in [0.25, 0.3) is 0 Å². The van der Waals surface area contributed by atoms with Gasteiger partial charge in [0.05, 0.1) is 0 Å². The molecule has 0 aromatic carbocycles. The first-order valence-electron chi connectivity index (χ1n) is 6.15. The van der Waals surface area contributed by atoms with E-state index in [4.69, 9.17) is 16.1 Å². The smallest absolute Gasteiger partial charge is 0.132 e. The third-order valence-corrected chi connectivity index (χ3v) is 3.78. The van der Waals surface area contributed by atoms with E-state index in [0.717, 1.165) is 5.92 Å². The second-order valence-electron chi connectivity index (χ2n) is 5.11. The van der Waals surface area contributed by atoms with E-state index in [1.165, 1.54) is 31.8 Å². The van der Waals surface area contributed by atoms with E-state index in [1.807, 2.05) is 0 Å². The summed E-state index contributed by atoms with van der Waals surface area (Å²) in [6, 6.07) is 2.74. The fourth-order valence-electron chi connectivity index (χ4n) is 3.13. The van der Waals surface area contributed by atoms with Crippen molar-refractivity contribution >= 4 is 11.5 Å². The van der Waals surface area contributed by atoms with Crippen LogP contribution >= 0.6 is 0 Å². The molecule has 4 heteroatoms. The van der Waals surface area contributed by atoms with Crippen molar-refractivity contribution in [2.75, 3.05) is 0 Å². The van der Waals surface area contributed by atoms with Gasteiger partial charge in [-0.3, -0.25) is 10.8 Å². The topological polar surface area (TPSA) is 74.7 Å². The van der Waals surface area contributed by atoms with E-state index in [1.54, 1.807) is 12.1 Å². The minimum absolute atomic E-state index is 0.0903. The van der Waals surface area contributed by atoms with Crippen LogP contribution in [0.3, 0.4) is 0 Å². The zero-order valence-corrected chi connectivity index (χ0v) is 10.1. The Morgan fingerprint density at radius 2 is 1.82 bits per heavy atom. The van der Waals surface area contributed by atoms with Crippen molar-refractivity contribution in [1.29, 1.82) is 16.1 Å². The first kappa shape index (κ1) is 11.8. The molecule has 0 aromatic heterocycles. The SMILES string of the molecule is CC1CC2CCC(C1)N2C(=N)/C=C\C(=N)C#N. The van der Waals surface area contributed by atoms with Crippen molar-refractivity contribution in [2.24, 2.45) is 5.92 Å². The minimum Gasteiger partial charge on any atom is -0.351 e. The number of nitrogens with zero attached hydrogens (tertiary/aromatic N) is 2. The second kappa shape index (κ2) is 4.70. The Morgan fingerprint density at radius 3 is 2.35 bits per heavy atom. The Hall–Kier alpha value is -1.63. The molecule has 0 spiro atoms. The maximum atomic E-state index is 8.50. The van der Waals surface area contributed by atoms with Crippen LogP contribution in [-0.4, -0.2) is 28.5 Å². The van der Waals surface area contributed by atoms with Gasteiger partial charge in [-0.2, -0.15) is 5.26 Å². The molecule has 4 nitrogen and oxygen atoms in total. The largest absolute Gasteiger partial charge is 0.351 e. The fraction of sp³-hybridized carbons (Fsp3) is 0.615. The van der Waals surface area contributed by atoms with Gasteiger partial charge in [-0.1, -0.05) is 6.92 Å². The molecule has 2 rings (SSSR count). The van der Waals surface area contributed by atoms with E-state index in [2.05, 4.69) is 11.8 Å². The monoisotopic (exact) mass is 230 g/mol. The van der Waals surface area contributed by atoms with Crippen LogP contribution in [0.2, 0.25) is 0 Å². The number of nitrogens with one attached hydrogen (secondary N) is 2. The number of hydrogen-bond acceptors (Lipinski definition) is 3. The average molecular weight is 230 g/mol. The lowest BCUT2D eigenvalue weighted by Crippen LogP contribution is -2.45. The molecule has 17 heavy (non-hydrogen) atoms. The molecule has 0 aromatic rings. The quantitative estimate of drug-likeness (QED) is 0.564. The second-order valence-corrected chi connectivity index (χ2v) is 5.11. The lowest BCUT2D eigenvalue weighted by atomic mass is 9.92. The van der Waals surface area contributed by atoms with Gasteiger partial charge in [0.1, 0.15) is 17.6 Å². The normalized spacial score (nSPS) is 31.5. The van der Waals surface area contributed by atoms with Gasteiger partial charge in [0.15, 0.2) is 0 Å². The first-order valence-corrected chi connectivity index (χ1v) is 6.15. The van der Waals surface area contributed by atoms with Crippen LogP contribution in [0, 0.1) is 28.1 Å². The molecule has 2 N–H and O–H groups in total. The summed E-state index contributed by atoms with van der Waals surface area (Å²) in [6.07, 6.45) is 7.71. The molecule has 0 saturated carbocycles. The van der Waals surface area contributed by atoms with Gasteiger partial charge in [0, 0.05) is 12.1 Å². The van der Waals surface area contributed by atoms with E-state index in [9.17, 15) is 0 Å². The van der Waals surface area contributed by atoms with E-state index in [0.29, 0.717) is 17.9 Å². The number of hydrogen-bond donors (Lipinski definition) is 2. The van der Waals surface area contributed by atoms with Crippen LogP contribution in [0.1, 0.15) is 32.6 Å². The van der Waals surface area contributed by atoms with Crippen molar-refractivity contribution in [3.63, 3.8) is 0 Å². The molecule has 2 fully saturated rings. The van der Waals surface area contributed by atoms with Crippen molar-refractivity contribution in [3.05, 3.63) is 12.2 Å². The third kappa shape index (κ3) is 2.38. The highest BCUT2D eigenvalue weighted by molar-refractivity contribution is 6.08. The molecular weight excluding hydrogens is 212 g/mol. The minimum atomic E-state index is -0.0903. The van der Waals surface area contributed by atoms with Gasteiger partial charge in [0.25, 0.3) is 0 Å². The molecule has 0 aliphatic carbocycles. The van der Waals surface area contributed by atoms with Crippen molar-refractivity contribution in [3.8, 4) is 6.07 Å². The standard InChI is InChI=1S/C13H18N4/c1-9-6-11-3-4-12(7-9)17(11)13(16)5-2-10(15)8-14/h2,5,9,11-12,15-16H,3-4,6-7H2,1H3/b5-2-,15-10?,16-13?. The number of amidine groups is 1. The number of allylic oxidation sites excluding steroid dienone is 1. The summed E-state index contributed by atoms with van der Waals surface area (Å²) in [4.78, 5) is 2.18. The van der Waals surface area contributed by atoms with Crippen molar-refractivity contribution in [2.45, 2.75) is 44.7 Å². The summed E-state index contributed by atoms with van der Waals surface area (Å²) in [5.41, 5.74) is -0.0903. The van der Waals surface area contributed by atoms with Gasteiger partial charge in [-0.25, -0.2) is 0 Å². The molecular formula is C13H18N4. The molecule has 90 valence electrons. The highest BCUT2D eigenvalue weighted by Crippen LogP contribution is 2.38. The Morgan fingerprint density at radius 1 is 1.24 bits per heavy atom. The third-order valence-electron chi connectivity index (χ3n) is 3.78. The first-order chi connectivity index (χ1) is 8.11. The Balaban J connectivity index is 2.04. The number of piperidine rings is 1. The Kier molecular flexibility index (Phi) is 3.28. The summed E-state index contributed by atoms with van der Waals surface area (Å²) >= 11 is 0. The number of fused-ring (bicyclic) bond motifs is 2. The Bertz CT molecular complexity index is 390. The van der Waals surface area contributed by atoms with Crippen molar-refractivity contribution in [1.82, 2.24) is 4.90 Å². The van der Waals surface area contributed by atoms with Gasteiger partial charge in [0.2, 0.25) is 0 Å². The maximum absolute atomic E-state index is 8.50. The Labute approximate surface area is 102 Å². The molecule has 2 aliphatic rings. The van der Waals surface area contributed by atoms with Gasteiger partial charge in [-0.05, 0) is 43.8 Å². The van der Waals surface area contributed by atoms with E-state index >= 15 is 0 Å². The molecule has 2 bridgehead atoms. The maximum Gasteiger partial charge on any atom is 0.132 e. The predicted molar refractivity (Wildman–Crippen MR) is 67.3 cm³/mol. The highest BCUT2D eigenvalue weighted by atomic mass is 15.2. The molecule has 2 saturated heterocycles. The van der Waals surface area contributed by atoms with Crippen LogP contribution in [0.15, 0.2) is 12.2 Å². The summed E-state index contributed by atoms with van der Waals surface area (Å²) in [5.74, 6) is 1.22.